The normalized spacial score (nSPS) is 20.5. The average molecular weight is 306 g/mol. The van der Waals surface area contributed by atoms with Gasteiger partial charge in [0.1, 0.15) is 11.4 Å². The lowest BCUT2D eigenvalue weighted by molar-refractivity contribution is 0.0678. The van der Waals surface area contributed by atoms with Crippen molar-refractivity contribution in [3.05, 3.63) is 29.8 Å². The lowest BCUT2D eigenvalue weighted by Crippen LogP contribution is -2.46. The molecule has 1 aliphatic rings. The van der Waals surface area contributed by atoms with Gasteiger partial charge in [0.25, 0.3) is 0 Å². The van der Waals surface area contributed by atoms with Gasteiger partial charge in [-0.25, -0.2) is 4.79 Å². The van der Waals surface area contributed by atoms with Crippen molar-refractivity contribution in [1.29, 1.82) is 0 Å². The topological polar surface area (TPSA) is 70.6 Å². The molecule has 22 heavy (non-hydrogen) atoms. The van der Waals surface area contributed by atoms with Crippen LogP contribution in [0.1, 0.15) is 51.6 Å². The van der Waals surface area contributed by atoms with Gasteiger partial charge in [-0.3, -0.25) is 0 Å². The Labute approximate surface area is 132 Å². The molecular weight excluding hydrogens is 280 g/mol. The van der Waals surface area contributed by atoms with Crippen molar-refractivity contribution in [2.24, 2.45) is 0 Å². The fraction of sp³-hybridized carbons (Fsp3) is 0.588. The smallest absolute Gasteiger partial charge is 0.315 e. The van der Waals surface area contributed by atoms with Crippen molar-refractivity contribution >= 4 is 6.03 Å². The van der Waals surface area contributed by atoms with Gasteiger partial charge in [0.05, 0.1) is 6.04 Å². The summed E-state index contributed by atoms with van der Waals surface area (Å²) in [5.41, 5.74) is 0.703. The molecule has 5 heteroatoms. The molecule has 0 aliphatic carbocycles. The van der Waals surface area contributed by atoms with E-state index < -0.39 is 0 Å². The minimum Gasteiger partial charge on any atom is -0.487 e. The third-order valence-electron chi connectivity index (χ3n) is 3.85. The highest BCUT2D eigenvalue weighted by Crippen LogP contribution is 2.39. The minimum atomic E-state index is -0.311. The zero-order valence-corrected chi connectivity index (χ0v) is 13.6. The van der Waals surface area contributed by atoms with Gasteiger partial charge >= 0.3 is 6.03 Å². The maximum atomic E-state index is 12.2. The van der Waals surface area contributed by atoms with E-state index in [9.17, 15) is 4.79 Å². The Balaban J connectivity index is 2.01. The van der Waals surface area contributed by atoms with Gasteiger partial charge in [-0.15, -0.1) is 0 Å². The fourth-order valence-electron chi connectivity index (χ4n) is 2.82. The molecule has 2 unspecified atom stereocenters. The maximum Gasteiger partial charge on any atom is 0.315 e. The molecule has 1 aromatic carbocycles. The van der Waals surface area contributed by atoms with E-state index in [-0.39, 0.29) is 30.3 Å². The number of aliphatic hydroxyl groups is 1. The third kappa shape index (κ3) is 4.37. The number of benzene rings is 1. The molecule has 3 N–H and O–H groups in total. The summed E-state index contributed by atoms with van der Waals surface area (Å²) in [6.07, 6.45) is 2.18. The first-order valence-electron chi connectivity index (χ1n) is 7.87. The highest BCUT2D eigenvalue weighted by molar-refractivity contribution is 5.75. The van der Waals surface area contributed by atoms with Crippen molar-refractivity contribution in [2.75, 3.05) is 6.61 Å². The minimum absolute atomic E-state index is 0.0373. The molecule has 0 spiro atoms. The standard InChI is InChI=1S/C17H26N2O3/c1-12(7-6-10-20)18-16(21)19-14-11-17(2,3)22-15-9-5-4-8-13(14)15/h4-5,8-9,12,14,20H,6-7,10-11H2,1-3H3,(H2,18,19,21). The van der Waals surface area contributed by atoms with Crippen LogP contribution < -0.4 is 15.4 Å². The summed E-state index contributed by atoms with van der Waals surface area (Å²) in [6.45, 7) is 6.14. The lowest BCUT2D eigenvalue weighted by Gasteiger charge is -2.38. The summed E-state index contributed by atoms with van der Waals surface area (Å²) in [7, 11) is 0. The molecule has 2 amide bonds. The first-order valence-corrected chi connectivity index (χ1v) is 7.87. The fourth-order valence-corrected chi connectivity index (χ4v) is 2.82. The molecule has 1 aliphatic heterocycles. The molecule has 1 aromatic rings. The number of hydrogen-bond donors (Lipinski definition) is 3. The number of fused-ring (bicyclic) bond motifs is 1. The average Bonchev–Trinajstić information content (AvgIpc) is 2.43. The third-order valence-corrected chi connectivity index (χ3v) is 3.85. The van der Waals surface area contributed by atoms with Crippen LogP contribution in [0.5, 0.6) is 5.75 Å². The number of para-hydroxylation sites is 1. The number of amides is 2. The van der Waals surface area contributed by atoms with Crippen molar-refractivity contribution < 1.29 is 14.6 Å². The van der Waals surface area contributed by atoms with E-state index in [2.05, 4.69) is 10.6 Å². The Kier molecular flexibility index (Phi) is 5.29. The SMILES string of the molecule is CC(CCCO)NC(=O)NC1CC(C)(C)Oc2ccccc21. The van der Waals surface area contributed by atoms with Gasteiger partial charge in [-0.2, -0.15) is 0 Å². The van der Waals surface area contributed by atoms with Gasteiger partial charge < -0.3 is 20.5 Å². The van der Waals surface area contributed by atoms with Crippen molar-refractivity contribution in [1.82, 2.24) is 10.6 Å². The molecular formula is C17H26N2O3. The molecule has 2 rings (SSSR count). The zero-order chi connectivity index (χ0) is 16.2. The predicted octanol–water partition coefficient (Wildman–Crippen LogP) is 2.75. The molecule has 1 heterocycles. The molecule has 122 valence electrons. The van der Waals surface area contributed by atoms with E-state index in [4.69, 9.17) is 9.84 Å². The van der Waals surface area contributed by atoms with Gasteiger partial charge in [-0.05, 0) is 39.7 Å². The van der Waals surface area contributed by atoms with Crippen LogP contribution in [0, 0.1) is 0 Å². The molecule has 0 radical (unpaired) electrons. The zero-order valence-electron chi connectivity index (χ0n) is 13.6. The van der Waals surface area contributed by atoms with Gasteiger partial charge in [-0.1, -0.05) is 18.2 Å². The van der Waals surface area contributed by atoms with E-state index in [1.165, 1.54) is 0 Å². The Morgan fingerprint density at radius 3 is 2.91 bits per heavy atom. The van der Waals surface area contributed by atoms with Crippen molar-refractivity contribution in [2.45, 2.75) is 57.7 Å². The van der Waals surface area contributed by atoms with E-state index >= 15 is 0 Å². The quantitative estimate of drug-likeness (QED) is 0.783. The molecule has 0 aromatic heterocycles. The molecule has 0 bridgehead atoms. The van der Waals surface area contributed by atoms with Crippen molar-refractivity contribution in [3.8, 4) is 5.75 Å². The second-order valence-corrected chi connectivity index (χ2v) is 6.54. The first kappa shape index (κ1) is 16.6. The van der Waals surface area contributed by atoms with Crippen LogP contribution in [0.25, 0.3) is 0 Å². The summed E-state index contributed by atoms with van der Waals surface area (Å²) < 4.78 is 5.97. The molecule has 5 nitrogen and oxygen atoms in total. The van der Waals surface area contributed by atoms with Crippen LogP contribution in [-0.4, -0.2) is 29.4 Å². The van der Waals surface area contributed by atoms with E-state index in [0.717, 1.165) is 24.2 Å². The summed E-state index contributed by atoms with van der Waals surface area (Å²) in [5, 5.41) is 14.8. The summed E-state index contributed by atoms with van der Waals surface area (Å²) in [6, 6.07) is 7.62. The maximum absolute atomic E-state index is 12.2. The summed E-state index contributed by atoms with van der Waals surface area (Å²) in [4.78, 5) is 12.2. The summed E-state index contributed by atoms with van der Waals surface area (Å²) in [5.74, 6) is 0.831. The Hall–Kier alpha value is -1.75. The van der Waals surface area contributed by atoms with Gasteiger partial charge in [0.2, 0.25) is 0 Å². The van der Waals surface area contributed by atoms with Crippen LogP contribution in [0.15, 0.2) is 24.3 Å². The van der Waals surface area contributed by atoms with Gasteiger partial charge in [0.15, 0.2) is 0 Å². The number of carbonyl (C=O) groups is 1. The monoisotopic (exact) mass is 306 g/mol. The van der Waals surface area contributed by atoms with Crippen LogP contribution in [0.2, 0.25) is 0 Å². The lowest BCUT2D eigenvalue weighted by atomic mass is 9.90. The Morgan fingerprint density at radius 1 is 1.45 bits per heavy atom. The molecule has 2 atom stereocenters. The number of aliphatic hydroxyl groups excluding tert-OH is 1. The van der Waals surface area contributed by atoms with E-state index in [1.807, 2.05) is 45.0 Å². The molecule has 0 saturated heterocycles. The number of hydrogen-bond acceptors (Lipinski definition) is 3. The summed E-state index contributed by atoms with van der Waals surface area (Å²) >= 11 is 0. The number of nitrogens with one attached hydrogen (secondary N) is 2. The van der Waals surface area contributed by atoms with Crippen LogP contribution in [0.3, 0.4) is 0 Å². The Bertz CT molecular complexity index is 516. The highest BCUT2D eigenvalue weighted by Gasteiger charge is 2.34. The predicted molar refractivity (Wildman–Crippen MR) is 86.0 cm³/mol. The Morgan fingerprint density at radius 2 is 2.18 bits per heavy atom. The number of ether oxygens (including phenoxy) is 1. The second kappa shape index (κ2) is 7.01. The largest absolute Gasteiger partial charge is 0.487 e. The number of carbonyl (C=O) groups excluding carboxylic acids is 1. The first-order chi connectivity index (χ1) is 10.4. The molecule has 0 saturated carbocycles. The van der Waals surface area contributed by atoms with E-state index in [0.29, 0.717) is 6.42 Å². The van der Waals surface area contributed by atoms with Gasteiger partial charge in [0, 0.05) is 24.6 Å². The van der Waals surface area contributed by atoms with Crippen LogP contribution >= 0.6 is 0 Å². The highest BCUT2D eigenvalue weighted by atomic mass is 16.5. The van der Waals surface area contributed by atoms with Crippen LogP contribution in [0.4, 0.5) is 4.79 Å². The molecule has 0 fully saturated rings. The van der Waals surface area contributed by atoms with Crippen LogP contribution in [-0.2, 0) is 0 Å². The number of urea groups is 1. The number of rotatable bonds is 5. The van der Waals surface area contributed by atoms with E-state index in [1.54, 1.807) is 0 Å². The second-order valence-electron chi connectivity index (χ2n) is 6.54. The van der Waals surface area contributed by atoms with Crippen molar-refractivity contribution in [3.63, 3.8) is 0 Å².